The van der Waals surface area contributed by atoms with Crippen molar-refractivity contribution in [3.8, 4) is 78.4 Å². The second-order valence-corrected chi connectivity index (χ2v) is 14.9. The van der Waals surface area contributed by atoms with Crippen molar-refractivity contribution in [2.75, 3.05) is 0 Å². The molecule has 0 atom stereocenters. The number of aromatic nitrogens is 3. The second-order valence-electron chi connectivity index (χ2n) is 14.9. The minimum Gasteiger partial charge on any atom is -0.264 e. The number of rotatable bonds is 6. The van der Waals surface area contributed by atoms with Crippen molar-refractivity contribution >= 4 is 10.8 Å². The van der Waals surface area contributed by atoms with Crippen LogP contribution in [0.5, 0.6) is 0 Å². The van der Waals surface area contributed by atoms with Crippen molar-refractivity contribution in [3.63, 3.8) is 0 Å². The molecule has 10 rings (SSSR count). The number of hydrogen-bond donors (Lipinski definition) is 0. The lowest BCUT2D eigenvalue weighted by Gasteiger charge is -2.22. The number of pyridine rings is 1. The van der Waals surface area contributed by atoms with Crippen molar-refractivity contribution in [1.29, 1.82) is 0 Å². The van der Waals surface area contributed by atoms with Crippen LogP contribution in [-0.2, 0) is 5.41 Å². The molecule has 0 saturated carbocycles. The van der Waals surface area contributed by atoms with Gasteiger partial charge in [-0.25, -0.2) is 9.97 Å². The van der Waals surface area contributed by atoms with E-state index in [1.165, 1.54) is 49.7 Å². The quantitative estimate of drug-likeness (QED) is 0.173. The molecule has 0 radical (unpaired) electrons. The fourth-order valence-electron chi connectivity index (χ4n) is 8.26. The normalized spacial score (nSPS) is 12.7. The molecule has 0 fully saturated rings. The SMILES string of the molecule is CC1(C)c2ccccc2-c2ccc(-c3ccc(-c4cc(-c5ccc(-c6cccnc6)cc5)nc(-c5cccc(-c6cccc7ccccc67)c5)n4)cc3)cc21. The Labute approximate surface area is 321 Å². The molecule has 0 spiro atoms. The van der Waals surface area contributed by atoms with Crippen molar-refractivity contribution in [3.05, 3.63) is 199 Å². The second kappa shape index (κ2) is 13.2. The molecule has 55 heavy (non-hydrogen) atoms. The summed E-state index contributed by atoms with van der Waals surface area (Å²) >= 11 is 0. The van der Waals surface area contributed by atoms with E-state index in [0.717, 1.165) is 44.8 Å². The van der Waals surface area contributed by atoms with Gasteiger partial charge in [-0.1, -0.05) is 166 Å². The van der Waals surface area contributed by atoms with E-state index < -0.39 is 0 Å². The molecule has 2 heterocycles. The third-order valence-corrected chi connectivity index (χ3v) is 11.2. The summed E-state index contributed by atoms with van der Waals surface area (Å²) in [5.74, 6) is 0.690. The van der Waals surface area contributed by atoms with Gasteiger partial charge in [0.1, 0.15) is 0 Å². The Morgan fingerprint density at radius 3 is 1.73 bits per heavy atom. The van der Waals surface area contributed by atoms with Gasteiger partial charge in [0.15, 0.2) is 5.82 Å². The van der Waals surface area contributed by atoms with Gasteiger partial charge in [-0.2, -0.15) is 0 Å². The highest BCUT2D eigenvalue weighted by Gasteiger charge is 2.35. The summed E-state index contributed by atoms with van der Waals surface area (Å²) in [5.41, 5.74) is 17.1. The number of nitrogens with zero attached hydrogens (tertiary/aromatic N) is 3. The van der Waals surface area contributed by atoms with E-state index in [1.807, 2.05) is 12.3 Å². The Bertz CT molecular complexity index is 2870. The van der Waals surface area contributed by atoms with Crippen LogP contribution in [0.2, 0.25) is 0 Å². The fraction of sp³-hybridized carbons (Fsp3) is 0.0577. The van der Waals surface area contributed by atoms with Crippen LogP contribution < -0.4 is 0 Å². The predicted molar refractivity (Wildman–Crippen MR) is 228 cm³/mol. The molecule has 0 amide bonds. The molecule has 0 aliphatic heterocycles. The molecule has 9 aromatic rings. The van der Waals surface area contributed by atoms with Gasteiger partial charge < -0.3 is 0 Å². The van der Waals surface area contributed by atoms with Crippen LogP contribution in [0.3, 0.4) is 0 Å². The largest absolute Gasteiger partial charge is 0.264 e. The molecule has 0 unspecified atom stereocenters. The number of benzene rings is 7. The van der Waals surface area contributed by atoms with Gasteiger partial charge in [0, 0.05) is 34.5 Å². The van der Waals surface area contributed by atoms with E-state index in [-0.39, 0.29) is 5.41 Å². The van der Waals surface area contributed by atoms with E-state index in [9.17, 15) is 0 Å². The molecule has 0 saturated heterocycles. The third-order valence-electron chi connectivity index (χ3n) is 11.2. The first-order chi connectivity index (χ1) is 27.0. The molecule has 1 aliphatic rings. The van der Waals surface area contributed by atoms with Gasteiger partial charge >= 0.3 is 0 Å². The summed E-state index contributed by atoms with van der Waals surface area (Å²) in [7, 11) is 0. The van der Waals surface area contributed by atoms with E-state index in [2.05, 4.69) is 189 Å². The Hall–Kier alpha value is -6.97. The molecular weight excluding hydrogens is 667 g/mol. The highest BCUT2D eigenvalue weighted by Crippen LogP contribution is 2.49. The van der Waals surface area contributed by atoms with E-state index in [1.54, 1.807) is 6.20 Å². The maximum atomic E-state index is 5.23. The van der Waals surface area contributed by atoms with Crippen LogP contribution in [0.25, 0.3) is 89.2 Å². The standard InChI is InChI=1S/C52H37N3/c1-52(2)47-18-6-5-16-45(47)46-28-27-39(31-48(46)52)34-19-23-37(24-20-34)49-32-50(38-25-21-35(22-26-38)42-14-9-29-53-33-42)55-51(54-49)41-13-7-12-40(30-41)44-17-8-11-36-10-3-4-15-43(36)44/h3-33H,1-2H3. The lowest BCUT2D eigenvalue weighted by Crippen LogP contribution is -2.14. The summed E-state index contributed by atoms with van der Waals surface area (Å²) in [6.07, 6.45) is 3.69. The Balaban J connectivity index is 1.05. The van der Waals surface area contributed by atoms with Crippen molar-refractivity contribution < 1.29 is 0 Å². The molecule has 1 aliphatic carbocycles. The van der Waals surface area contributed by atoms with Crippen molar-refractivity contribution in [2.24, 2.45) is 0 Å². The predicted octanol–water partition coefficient (Wildman–Crippen LogP) is 13.3. The maximum Gasteiger partial charge on any atom is 0.160 e. The summed E-state index contributed by atoms with van der Waals surface area (Å²) in [5, 5.41) is 2.44. The van der Waals surface area contributed by atoms with Crippen LogP contribution >= 0.6 is 0 Å². The average Bonchev–Trinajstić information content (AvgIpc) is 3.49. The fourth-order valence-corrected chi connectivity index (χ4v) is 8.26. The van der Waals surface area contributed by atoms with Gasteiger partial charge in [0.2, 0.25) is 0 Å². The van der Waals surface area contributed by atoms with Crippen LogP contribution in [0, 0.1) is 0 Å². The topological polar surface area (TPSA) is 38.7 Å². The molecule has 0 bridgehead atoms. The Morgan fingerprint density at radius 1 is 0.382 bits per heavy atom. The first-order valence-corrected chi connectivity index (χ1v) is 18.8. The van der Waals surface area contributed by atoms with Crippen molar-refractivity contribution in [1.82, 2.24) is 15.0 Å². The van der Waals surface area contributed by atoms with Gasteiger partial charge in [-0.05, 0) is 90.7 Å². The zero-order chi connectivity index (χ0) is 36.9. The van der Waals surface area contributed by atoms with E-state index in [0.29, 0.717) is 5.82 Å². The molecule has 260 valence electrons. The van der Waals surface area contributed by atoms with E-state index in [4.69, 9.17) is 9.97 Å². The molecular formula is C52H37N3. The van der Waals surface area contributed by atoms with Gasteiger partial charge in [0.25, 0.3) is 0 Å². The smallest absolute Gasteiger partial charge is 0.160 e. The van der Waals surface area contributed by atoms with Gasteiger partial charge in [-0.15, -0.1) is 0 Å². The van der Waals surface area contributed by atoms with Crippen LogP contribution in [-0.4, -0.2) is 15.0 Å². The molecule has 3 nitrogen and oxygen atoms in total. The number of hydrogen-bond acceptors (Lipinski definition) is 3. The summed E-state index contributed by atoms with van der Waals surface area (Å²) in [4.78, 5) is 14.8. The van der Waals surface area contributed by atoms with Crippen LogP contribution in [0.1, 0.15) is 25.0 Å². The monoisotopic (exact) mass is 703 g/mol. The van der Waals surface area contributed by atoms with Gasteiger partial charge in [-0.3, -0.25) is 4.98 Å². The zero-order valence-corrected chi connectivity index (χ0v) is 30.7. The minimum atomic E-state index is -0.0449. The Morgan fingerprint density at radius 2 is 0.964 bits per heavy atom. The minimum absolute atomic E-state index is 0.0449. The molecule has 2 aromatic heterocycles. The number of fused-ring (bicyclic) bond motifs is 4. The average molecular weight is 704 g/mol. The molecule has 0 N–H and O–H groups in total. The van der Waals surface area contributed by atoms with E-state index >= 15 is 0 Å². The van der Waals surface area contributed by atoms with Crippen LogP contribution in [0.15, 0.2) is 188 Å². The first kappa shape index (κ1) is 32.7. The lowest BCUT2D eigenvalue weighted by atomic mass is 9.81. The van der Waals surface area contributed by atoms with Crippen molar-refractivity contribution in [2.45, 2.75) is 19.3 Å². The lowest BCUT2D eigenvalue weighted by molar-refractivity contribution is 0.660. The maximum absolute atomic E-state index is 5.23. The highest BCUT2D eigenvalue weighted by molar-refractivity contribution is 5.97. The molecule has 3 heteroatoms. The third kappa shape index (κ3) is 5.82. The first-order valence-electron chi connectivity index (χ1n) is 18.8. The Kier molecular flexibility index (Phi) is 7.81. The zero-order valence-electron chi connectivity index (χ0n) is 30.7. The van der Waals surface area contributed by atoms with Gasteiger partial charge in [0.05, 0.1) is 11.4 Å². The summed E-state index contributed by atoms with van der Waals surface area (Å²) < 4.78 is 0. The highest BCUT2D eigenvalue weighted by atomic mass is 14.9. The summed E-state index contributed by atoms with van der Waals surface area (Å²) in [6, 6.07) is 62.9. The molecule has 7 aromatic carbocycles. The summed E-state index contributed by atoms with van der Waals surface area (Å²) in [6.45, 7) is 4.66. The van der Waals surface area contributed by atoms with Crippen LogP contribution in [0.4, 0.5) is 0 Å².